The van der Waals surface area contributed by atoms with Crippen molar-refractivity contribution in [2.75, 3.05) is 13.2 Å². The summed E-state index contributed by atoms with van der Waals surface area (Å²) in [4.78, 5) is 19.1. The van der Waals surface area contributed by atoms with Gasteiger partial charge in [0.15, 0.2) is 17.3 Å². The Morgan fingerprint density at radius 2 is 1.93 bits per heavy atom. The fourth-order valence-electron chi connectivity index (χ4n) is 3.42. The highest BCUT2D eigenvalue weighted by atomic mass is 32.1. The van der Waals surface area contributed by atoms with E-state index in [4.69, 9.17) is 14.0 Å². The fourth-order valence-corrected chi connectivity index (χ4v) is 4.32. The Hall–Kier alpha value is -2.87. The molecule has 7 nitrogen and oxygen atoms in total. The van der Waals surface area contributed by atoms with Gasteiger partial charge in [-0.2, -0.15) is 4.98 Å². The lowest BCUT2D eigenvalue weighted by atomic mass is 10.0. The van der Waals surface area contributed by atoms with E-state index in [1.165, 1.54) is 11.3 Å². The van der Waals surface area contributed by atoms with Gasteiger partial charge in [0.25, 0.3) is 5.91 Å². The summed E-state index contributed by atoms with van der Waals surface area (Å²) >= 11 is 1.44. The van der Waals surface area contributed by atoms with Crippen LogP contribution in [0.4, 0.5) is 0 Å². The monoisotopic (exact) mass is 425 g/mol. The largest absolute Gasteiger partial charge is 0.486 e. The van der Waals surface area contributed by atoms with Crippen LogP contribution in [0, 0.1) is 5.92 Å². The predicted molar refractivity (Wildman–Crippen MR) is 112 cm³/mol. The first kappa shape index (κ1) is 19.1. The number of ether oxygens (including phenoxy) is 2. The Morgan fingerprint density at radius 1 is 1.13 bits per heavy atom. The molecule has 3 aromatic rings. The van der Waals surface area contributed by atoms with Crippen LogP contribution in [0.25, 0.3) is 10.4 Å². The summed E-state index contributed by atoms with van der Waals surface area (Å²) in [6.07, 6.45) is 2.21. The minimum Gasteiger partial charge on any atom is -0.486 e. The van der Waals surface area contributed by atoms with Gasteiger partial charge in [-0.1, -0.05) is 19.0 Å². The number of benzene rings is 1. The lowest BCUT2D eigenvalue weighted by Crippen LogP contribution is -2.31. The summed E-state index contributed by atoms with van der Waals surface area (Å²) < 4.78 is 16.7. The van der Waals surface area contributed by atoms with E-state index in [-0.39, 0.29) is 17.9 Å². The van der Waals surface area contributed by atoms with Gasteiger partial charge < -0.3 is 19.3 Å². The van der Waals surface area contributed by atoms with Crippen molar-refractivity contribution in [1.29, 1.82) is 0 Å². The van der Waals surface area contributed by atoms with Crippen LogP contribution in [-0.2, 0) is 0 Å². The van der Waals surface area contributed by atoms with Crippen molar-refractivity contribution in [3.8, 4) is 21.9 Å². The Bertz CT molecular complexity index is 1070. The zero-order valence-corrected chi connectivity index (χ0v) is 17.7. The first-order valence-corrected chi connectivity index (χ1v) is 11.0. The first-order valence-electron chi connectivity index (χ1n) is 10.2. The van der Waals surface area contributed by atoms with E-state index in [1.54, 1.807) is 0 Å². The number of rotatable bonds is 6. The summed E-state index contributed by atoms with van der Waals surface area (Å²) in [5, 5.41) is 7.15. The second kappa shape index (κ2) is 7.75. The molecule has 5 rings (SSSR count). The second-order valence-electron chi connectivity index (χ2n) is 7.98. The highest BCUT2D eigenvalue weighted by Crippen LogP contribution is 2.39. The van der Waals surface area contributed by atoms with Gasteiger partial charge in [0.2, 0.25) is 5.89 Å². The Morgan fingerprint density at radius 3 is 2.70 bits per heavy atom. The number of hydrogen-bond acceptors (Lipinski definition) is 7. The maximum atomic E-state index is 12.9. The van der Waals surface area contributed by atoms with Gasteiger partial charge in [-0.3, -0.25) is 4.79 Å². The third-order valence-electron chi connectivity index (χ3n) is 5.28. The summed E-state index contributed by atoms with van der Waals surface area (Å²) in [6, 6.07) is 9.31. The Labute approximate surface area is 178 Å². The molecule has 1 unspecified atom stereocenters. The van der Waals surface area contributed by atoms with E-state index in [1.807, 2.05) is 44.2 Å². The molecule has 0 bridgehead atoms. The predicted octanol–water partition coefficient (Wildman–Crippen LogP) is 4.57. The van der Waals surface area contributed by atoms with Gasteiger partial charge in [-0.05, 0) is 54.7 Å². The van der Waals surface area contributed by atoms with Gasteiger partial charge in [0.05, 0.1) is 4.88 Å². The molecule has 30 heavy (non-hydrogen) atoms. The average molecular weight is 426 g/mol. The van der Waals surface area contributed by atoms with Crippen LogP contribution < -0.4 is 14.8 Å². The summed E-state index contributed by atoms with van der Waals surface area (Å²) in [5.74, 6) is 3.11. The number of aromatic nitrogens is 2. The molecule has 156 valence electrons. The zero-order valence-electron chi connectivity index (χ0n) is 16.9. The van der Waals surface area contributed by atoms with Crippen molar-refractivity contribution in [2.45, 2.75) is 38.6 Å². The molecular formula is C22H23N3O4S. The number of carbonyl (C=O) groups is 1. The fraction of sp³-hybridized carbons (Fsp3) is 0.409. The Balaban J connectivity index is 1.32. The maximum absolute atomic E-state index is 12.9. The number of amides is 1. The summed E-state index contributed by atoms with van der Waals surface area (Å²) in [7, 11) is 0. The molecule has 1 aromatic carbocycles. The minimum absolute atomic E-state index is 0.124. The van der Waals surface area contributed by atoms with E-state index in [2.05, 4.69) is 15.5 Å². The van der Waals surface area contributed by atoms with Crippen LogP contribution in [0.3, 0.4) is 0 Å². The van der Waals surface area contributed by atoms with E-state index in [0.29, 0.717) is 29.9 Å². The van der Waals surface area contributed by atoms with Crippen molar-refractivity contribution >= 4 is 17.2 Å². The van der Waals surface area contributed by atoms with Gasteiger partial charge in [0, 0.05) is 10.8 Å². The molecule has 1 atom stereocenters. The highest BCUT2D eigenvalue weighted by molar-refractivity contribution is 7.17. The highest BCUT2D eigenvalue weighted by Gasteiger charge is 2.32. The zero-order chi connectivity index (χ0) is 20.7. The van der Waals surface area contributed by atoms with Crippen LogP contribution in [-0.4, -0.2) is 29.3 Å². The Kier molecular flexibility index (Phi) is 4.94. The van der Waals surface area contributed by atoms with Crippen molar-refractivity contribution in [3.05, 3.63) is 46.9 Å². The molecule has 0 radical (unpaired) electrons. The molecule has 1 aliphatic heterocycles. The average Bonchev–Trinajstić information content (AvgIpc) is 3.28. The topological polar surface area (TPSA) is 86.5 Å². The standard InChI is InChI=1S/C22H23N3O4S/c1-12(2)19(22-24-20(25-29-22)13-3-4-13)23-21(26)18-8-7-17(30-18)14-5-6-15-16(11-14)28-10-9-27-15/h5-8,11-13,19H,3-4,9-10H2,1-2H3,(H,23,26). The number of nitrogens with one attached hydrogen (secondary N) is 1. The van der Waals surface area contributed by atoms with Crippen LogP contribution >= 0.6 is 11.3 Å². The maximum Gasteiger partial charge on any atom is 0.262 e. The molecule has 1 N–H and O–H groups in total. The minimum atomic E-state index is -0.322. The summed E-state index contributed by atoms with van der Waals surface area (Å²) in [6.45, 7) is 5.17. The molecule has 0 saturated heterocycles. The number of thiophene rings is 1. The molecule has 1 saturated carbocycles. The van der Waals surface area contributed by atoms with Gasteiger partial charge in [-0.25, -0.2) is 0 Å². The summed E-state index contributed by atoms with van der Waals surface area (Å²) in [5.41, 5.74) is 0.995. The van der Waals surface area contributed by atoms with E-state index in [0.717, 1.165) is 40.6 Å². The van der Waals surface area contributed by atoms with Crippen LogP contribution in [0.1, 0.15) is 60.0 Å². The molecule has 2 aromatic heterocycles. The van der Waals surface area contributed by atoms with Crippen molar-refractivity contribution in [3.63, 3.8) is 0 Å². The second-order valence-corrected chi connectivity index (χ2v) is 9.07. The lowest BCUT2D eigenvalue weighted by Gasteiger charge is -2.18. The smallest absolute Gasteiger partial charge is 0.262 e. The molecule has 2 aliphatic rings. The number of carbonyl (C=O) groups excluding carboxylic acids is 1. The SMILES string of the molecule is CC(C)C(NC(=O)c1ccc(-c2ccc3c(c2)OCCO3)s1)c1nc(C2CC2)no1. The molecule has 3 heterocycles. The normalized spacial score (nSPS) is 16.5. The molecular weight excluding hydrogens is 402 g/mol. The van der Waals surface area contributed by atoms with Crippen molar-refractivity contribution in [2.24, 2.45) is 5.92 Å². The number of nitrogens with zero attached hydrogens (tertiary/aromatic N) is 2. The molecule has 8 heteroatoms. The van der Waals surface area contributed by atoms with Gasteiger partial charge in [-0.15, -0.1) is 11.3 Å². The van der Waals surface area contributed by atoms with Crippen molar-refractivity contribution in [1.82, 2.24) is 15.5 Å². The molecule has 0 spiro atoms. The van der Waals surface area contributed by atoms with Crippen molar-refractivity contribution < 1.29 is 18.8 Å². The number of fused-ring (bicyclic) bond motifs is 1. The quantitative estimate of drug-likeness (QED) is 0.622. The van der Waals surface area contributed by atoms with Crippen LogP contribution in [0.15, 0.2) is 34.9 Å². The lowest BCUT2D eigenvalue weighted by molar-refractivity contribution is 0.0918. The third kappa shape index (κ3) is 3.79. The molecule has 1 amide bonds. The van der Waals surface area contributed by atoms with Crippen LogP contribution in [0.2, 0.25) is 0 Å². The van der Waals surface area contributed by atoms with E-state index >= 15 is 0 Å². The first-order chi connectivity index (χ1) is 14.6. The molecule has 1 fully saturated rings. The molecule has 1 aliphatic carbocycles. The van der Waals surface area contributed by atoms with Gasteiger partial charge in [0.1, 0.15) is 19.3 Å². The number of hydrogen-bond donors (Lipinski definition) is 1. The van der Waals surface area contributed by atoms with Crippen LogP contribution in [0.5, 0.6) is 11.5 Å². The van der Waals surface area contributed by atoms with Gasteiger partial charge >= 0.3 is 0 Å². The third-order valence-corrected chi connectivity index (χ3v) is 6.41. The van der Waals surface area contributed by atoms with E-state index < -0.39 is 0 Å². The van der Waals surface area contributed by atoms with E-state index in [9.17, 15) is 4.79 Å².